The minimum Gasteiger partial charge on any atom is -0.480 e. The molecule has 0 heterocycles. The van der Waals surface area contributed by atoms with Crippen molar-refractivity contribution in [2.75, 3.05) is 19.7 Å². The molecule has 2 aromatic rings. The fourth-order valence-corrected chi connectivity index (χ4v) is 5.29. The number of carboxylic acid groups (broad SMARTS) is 1. The van der Waals surface area contributed by atoms with E-state index >= 15 is 0 Å². The number of hydrogen-bond donors (Lipinski definition) is 2. The van der Waals surface area contributed by atoms with Crippen molar-refractivity contribution in [3.05, 3.63) is 59.7 Å². The standard InChI is InChI=1S/C28H30N2O5/c1-2-16-30(17-26(31)32)27(33)23-14-4-3-5-15-25(23)29-28(34)35-18-24-21-12-8-6-10-19(21)20-11-7-9-13-22(20)24/h1,6-13,23-25H,3-5,14-18H2,(H,29,34)(H,31,32)/t23-,25+/m0/s1. The van der Waals surface area contributed by atoms with Crippen molar-refractivity contribution in [3.8, 4) is 23.5 Å². The number of alkyl carbamates (subject to hydrolysis) is 1. The Hall–Kier alpha value is -3.79. The first-order valence-electron chi connectivity index (χ1n) is 12.0. The molecule has 0 unspecified atom stereocenters. The van der Waals surface area contributed by atoms with Gasteiger partial charge in [0, 0.05) is 12.0 Å². The second-order valence-corrected chi connectivity index (χ2v) is 9.11. The summed E-state index contributed by atoms with van der Waals surface area (Å²) in [6.07, 6.45) is 8.62. The van der Waals surface area contributed by atoms with E-state index in [2.05, 4.69) is 35.5 Å². The Morgan fingerprint density at radius 1 is 1.00 bits per heavy atom. The Morgan fingerprint density at radius 2 is 1.63 bits per heavy atom. The summed E-state index contributed by atoms with van der Waals surface area (Å²) in [5.41, 5.74) is 4.56. The molecule has 0 spiro atoms. The van der Waals surface area contributed by atoms with Crippen molar-refractivity contribution in [3.63, 3.8) is 0 Å². The summed E-state index contributed by atoms with van der Waals surface area (Å²) in [6.45, 7) is -0.357. The summed E-state index contributed by atoms with van der Waals surface area (Å²) in [5, 5.41) is 12.1. The lowest BCUT2D eigenvalue weighted by molar-refractivity contribution is -0.146. The molecule has 182 valence electrons. The maximum absolute atomic E-state index is 13.2. The molecule has 2 atom stereocenters. The summed E-state index contributed by atoms with van der Waals surface area (Å²) < 4.78 is 5.68. The lowest BCUT2D eigenvalue weighted by Crippen LogP contribution is -2.49. The third kappa shape index (κ3) is 5.48. The zero-order chi connectivity index (χ0) is 24.8. The number of carbonyl (C=O) groups excluding carboxylic acids is 2. The number of hydrogen-bond acceptors (Lipinski definition) is 4. The highest BCUT2D eigenvalue weighted by Gasteiger charge is 2.35. The van der Waals surface area contributed by atoms with Crippen LogP contribution < -0.4 is 5.32 Å². The molecule has 2 aliphatic carbocycles. The molecule has 2 amide bonds. The van der Waals surface area contributed by atoms with E-state index < -0.39 is 30.6 Å². The first-order valence-corrected chi connectivity index (χ1v) is 12.0. The minimum absolute atomic E-state index is 0.0543. The van der Waals surface area contributed by atoms with E-state index in [9.17, 15) is 19.5 Å². The molecular formula is C28H30N2O5. The molecule has 4 rings (SSSR count). The number of rotatable bonds is 7. The molecule has 2 aliphatic rings. The normalized spacial score (nSPS) is 18.9. The Kier molecular flexibility index (Phi) is 7.71. The van der Waals surface area contributed by atoms with Gasteiger partial charge in [0.2, 0.25) is 5.91 Å². The van der Waals surface area contributed by atoms with E-state index in [1.807, 2.05) is 24.3 Å². The average Bonchev–Trinajstić information content (AvgIpc) is 2.98. The van der Waals surface area contributed by atoms with Gasteiger partial charge in [0.25, 0.3) is 0 Å². The van der Waals surface area contributed by atoms with Crippen molar-refractivity contribution in [2.45, 2.75) is 44.1 Å². The van der Waals surface area contributed by atoms with E-state index in [4.69, 9.17) is 11.2 Å². The van der Waals surface area contributed by atoms with Gasteiger partial charge >= 0.3 is 12.1 Å². The van der Waals surface area contributed by atoms with Gasteiger partial charge in [-0.25, -0.2) is 4.79 Å². The van der Waals surface area contributed by atoms with Crippen LogP contribution >= 0.6 is 0 Å². The van der Waals surface area contributed by atoms with Crippen LogP contribution in [0.4, 0.5) is 4.79 Å². The van der Waals surface area contributed by atoms with Crippen LogP contribution in [0.2, 0.25) is 0 Å². The number of terminal acetylenes is 1. The molecule has 1 saturated carbocycles. The molecule has 7 heteroatoms. The third-order valence-corrected chi connectivity index (χ3v) is 6.90. The van der Waals surface area contributed by atoms with E-state index in [0.717, 1.165) is 41.5 Å². The predicted molar refractivity (Wildman–Crippen MR) is 132 cm³/mol. The molecule has 2 N–H and O–H groups in total. The van der Waals surface area contributed by atoms with Gasteiger partial charge in [-0.1, -0.05) is 73.7 Å². The maximum atomic E-state index is 13.2. The van der Waals surface area contributed by atoms with Gasteiger partial charge in [0.05, 0.1) is 12.5 Å². The number of carbonyl (C=O) groups is 3. The highest BCUT2D eigenvalue weighted by Crippen LogP contribution is 2.44. The molecule has 1 fully saturated rings. The molecule has 0 bridgehead atoms. The van der Waals surface area contributed by atoms with E-state index in [0.29, 0.717) is 12.8 Å². The van der Waals surface area contributed by atoms with Crippen LogP contribution in [0.1, 0.15) is 49.1 Å². The highest BCUT2D eigenvalue weighted by atomic mass is 16.5. The van der Waals surface area contributed by atoms with Gasteiger partial charge in [0.1, 0.15) is 13.2 Å². The van der Waals surface area contributed by atoms with Gasteiger partial charge in [-0.05, 0) is 35.1 Å². The molecule has 0 saturated heterocycles. The smallest absolute Gasteiger partial charge is 0.407 e. The van der Waals surface area contributed by atoms with Crippen LogP contribution in [-0.2, 0) is 14.3 Å². The molecule has 35 heavy (non-hydrogen) atoms. The van der Waals surface area contributed by atoms with Gasteiger partial charge in [-0.3, -0.25) is 9.59 Å². The van der Waals surface area contributed by atoms with Gasteiger partial charge in [-0.15, -0.1) is 6.42 Å². The number of aliphatic carboxylic acids is 1. The second-order valence-electron chi connectivity index (χ2n) is 9.11. The van der Waals surface area contributed by atoms with Crippen LogP contribution in [0.25, 0.3) is 11.1 Å². The largest absolute Gasteiger partial charge is 0.480 e. The molecule has 0 radical (unpaired) electrons. The maximum Gasteiger partial charge on any atom is 0.407 e. The Bertz CT molecular complexity index is 1090. The monoisotopic (exact) mass is 474 g/mol. The number of amides is 2. The van der Waals surface area contributed by atoms with Crippen LogP contribution in [0, 0.1) is 18.3 Å². The lowest BCUT2D eigenvalue weighted by Gasteiger charge is -2.29. The first-order chi connectivity index (χ1) is 17.0. The number of nitrogens with zero attached hydrogens (tertiary/aromatic N) is 1. The van der Waals surface area contributed by atoms with Crippen LogP contribution in [-0.4, -0.2) is 53.7 Å². The Labute approximate surface area is 205 Å². The molecule has 7 nitrogen and oxygen atoms in total. The summed E-state index contributed by atoms with van der Waals surface area (Å²) in [4.78, 5) is 38.5. The van der Waals surface area contributed by atoms with E-state index in [-0.39, 0.29) is 25.0 Å². The quantitative estimate of drug-likeness (QED) is 0.467. The Balaban J connectivity index is 1.44. The molecule has 0 aliphatic heterocycles. The predicted octanol–water partition coefficient (Wildman–Crippen LogP) is 4.02. The third-order valence-electron chi connectivity index (χ3n) is 6.90. The van der Waals surface area contributed by atoms with E-state index in [1.165, 1.54) is 4.90 Å². The fraction of sp³-hybridized carbons (Fsp3) is 0.393. The van der Waals surface area contributed by atoms with Crippen molar-refractivity contribution in [1.82, 2.24) is 10.2 Å². The van der Waals surface area contributed by atoms with Crippen molar-refractivity contribution in [1.29, 1.82) is 0 Å². The van der Waals surface area contributed by atoms with Gasteiger partial charge in [-0.2, -0.15) is 0 Å². The van der Waals surface area contributed by atoms with Crippen molar-refractivity contribution in [2.24, 2.45) is 5.92 Å². The average molecular weight is 475 g/mol. The number of ether oxygens (including phenoxy) is 1. The number of nitrogens with one attached hydrogen (secondary N) is 1. The summed E-state index contributed by atoms with van der Waals surface area (Å²) >= 11 is 0. The first kappa shape index (κ1) is 24.3. The highest BCUT2D eigenvalue weighted by molar-refractivity contribution is 5.84. The second kappa shape index (κ2) is 11.1. The van der Waals surface area contributed by atoms with Crippen molar-refractivity contribution < 1.29 is 24.2 Å². The van der Waals surface area contributed by atoms with Gasteiger partial charge in [0.15, 0.2) is 0 Å². The molecular weight excluding hydrogens is 444 g/mol. The molecule has 0 aromatic heterocycles. The minimum atomic E-state index is -1.12. The van der Waals surface area contributed by atoms with Crippen molar-refractivity contribution >= 4 is 18.0 Å². The SMILES string of the molecule is C#CCN(CC(=O)O)C(=O)[C@H]1CCCCC[C@H]1NC(=O)OCC1c2ccccc2-c2ccccc21. The summed E-state index contributed by atoms with van der Waals surface area (Å²) in [7, 11) is 0. The number of fused-ring (bicyclic) bond motifs is 3. The zero-order valence-electron chi connectivity index (χ0n) is 19.6. The zero-order valence-corrected chi connectivity index (χ0v) is 19.6. The van der Waals surface area contributed by atoms with Crippen LogP contribution in [0.15, 0.2) is 48.5 Å². The molecule has 2 aromatic carbocycles. The lowest BCUT2D eigenvalue weighted by atomic mass is 9.93. The summed E-state index contributed by atoms with van der Waals surface area (Å²) in [6, 6.07) is 15.8. The fourth-order valence-electron chi connectivity index (χ4n) is 5.29. The van der Waals surface area contributed by atoms with Crippen LogP contribution in [0.5, 0.6) is 0 Å². The Morgan fingerprint density at radius 3 is 2.26 bits per heavy atom. The van der Waals surface area contributed by atoms with Gasteiger partial charge < -0.3 is 20.1 Å². The van der Waals surface area contributed by atoms with E-state index in [1.54, 1.807) is 0 Å². The number of benzene rings is 2. The topological polar surface area (TPSA) is 95.9 Å². The summed E-state index contributed by atoms with van der Waals surface area (Å²) in [5.74, 6) is 0.312. The van der Waals surface area contributed by atoms with Crippen LogP contribution in [0.3, 0.4) is 0 Å². The number of carboxylic acids is 1.